The minimum absolute atomic E-state index is 0.0813. The molecule has 73 heavy (non-hydrogen) atoms. The largest absolute Gasteiger partial charge is 0.462 e. The molecule has 0 aromatic heterocycles. The molecular formula is C67H114O6. The average molecular weight is 1020 g/mol. The highest BCUT2D eigenvalue weighted by Crippen LogP contribution is 2.16. The average Bonchev–Trinajstić information content (AvgIpc) is 3.39. The Labute approximate surface area is 451 Å². The van der Waals surface area contributed by atoms with E-state index in [0.29, 0.717) is 19.3 Å². The van der Waals surface area contributed by atoms with Crippen molar-refractivity contribution in [2.75, 3.05) is 13.2 Å². The summed E-state index contributed by atoms with van der Waals surface area (Å²) >= 11 is 0. The van der Waals surface area contributed by atoms with E-state index in [4.69, 9.17) is 14.2 Å². The quantitative estimate of drug-likeness (QED) is 0.0261. The molecule has 6 heteroatoms. The summed E-state index contributed by atoms with van der Waals surface area (Å²) in [5, 5.41) is 0. The van der Waals surface area contributed by atoms with Crippen molar-refractivity contribution in [3.63, 3.8) is 0 Å². The number of esters is 3. The summed E-state index contributed by atoms with van der Waals surface area (Å²) in [6.07, 6.45) is 81.1. The first-order valence-electron chi connectivity index (χ1n) is 30.7. The highest BCUT2D eigenvalue weighted by atomic mass is 16.6. The second-order valence-electron chi connectivity index (χ2n) is 20.2. The van der Waals surface area contributed by atoms with Crippen LogP contribution in [0.2, 0.25) is 0 Å². The number of carbonyl (C=O) groups is 3. The molecule has 0 heterocycles. The van der Waals surface area contributed by atoms with Gasteiger partial charge in [0, 0.05) is 19.3 Å². The molecule has 6 nitrogen and oxygen atoms in total. The van der Waals surface area contributed by atoms with Crippen molar-refractivity contribution in [2.45, 2.75) is 297 Å². The zero-order valence-electron chi connectivity index (χ0n) is 47.9. The summed E-state index contributed by atoms with van der Waals surface area (Å²) in [5.41, 5.74) is 0. The first-order valence-corrected chi connectivity index (χ1v) is 30.7. The van der Waals surface area contributed by atoms with Gasteiger partial charge in [-0.1, -0.05) is 272 Å². The SMILES string of the molecule is CC/C=C\C/C=C\C/C=C\C/C=C\CCCCCCCCCCC(=O)OCC(COC(=O)CCCCCCCCCCCCCCC)OC(=O)CCCCCCCCCC/C=C\C/C=C\C/C=C\C/C=C\CC. The van der Waals surface area contributed by atoms with Crippen LogP contribution in [-0.4, -0.2) is 37.2 Å². The van der Waals surface area contributed by atoms with Crippen LogP contribution in [0.15, 0.2) is 97.2 Å². The van der Waals surface area contributed by atoms with E-state index in [-0.39, 0.29) is 31.1 Å². The monoisotopic (exact) mass is 1010 g/mol. The van der Waals surface area contributed by atoms with Gasteiger partial charge in [0.1, 0.15) is 13.2 Å². The third-order valence-electron chi connectivity index (χ3n) is 13.1. The lowest BCUT2D eigenvalue weighted by Crippen LogP contribution is -2.30. The van der Waals surface area contributed by atoms with E-state index in [2.05, 4.69) is 118 Å². The van der Waals surface area contributed by atoms with Crippen LogP contribution >= 0.6 is 0 Å². The van der Waals surface area contributed by atoms with Gasteiger partial charge < -0.3 is 14.2 Å². The molecule has 0 spiro atoms. The number of ether oxygens (including phenoxy) is 3. The smallest absolute Gasteiger partial charge is 0.306 e. The highest BCUT2D eigenvalue weighted by Gasteiger charge is 2.19. The molecule has 0 bridgehead atoms. The Balaban J connectivity index is 4.38. The minimum Gasteiger partial charge on any atom is -0.462 e. The van der Waals surface area contributed by atoms with Gasteiger partial charge in [0.2, 0.25) is 0 Å². The lowest BCUT2D eigenvalue weighted by atomic mass is 10.0. The van der Waals surface area contributed by atoms with Gasteiger partial charge in [-0.2, -0.15) is 0 Å². The number of hydrogen-bond acceptors (Lipinski definition) is 6. The van der Waals surface area contributed by atoms with Crippen LogP contribution in [0.5, 0.6) is 0 Å². The van der Waals surface area contributed by atoms with Gasteiger partial charge in [0.25, 0.3) is 0 Å². The van der Waals surface area contributed by atoms with Crippen LogP contribution in [0.3, 0.4) is 0 Å². The number of unbranched alkanes of at least 4 members (excludes halogenated alkanes) is 28. The first-order chi connectivity index (χ1) is 36.0. The molecule has 418 valence electrons. The Morgan fingerprint density at radius 3 is 0.836 bits per heavy atom. The maximum Gasteiger partial charge on any atom is 0.306 e. The Morgan fingerprint density at radius 2 is 0.534 bits per heavy atom. The van der Waals surface area contributed by atoms with E-state index < -0.39 is 6.10 Å². The molecule has 0 aromatic carbocycles. The van der Waals surface area contributed by atoms with Gasteiger partial charge >= 0.3 is 17.9 Å². The zero-order chi connectivity index (χ0) is 52.9. The van der Waals surface area contributed by atoms with Crippen molar-refractivity contribution < 1.29 is 28.6 Å². The van der Waals surface area contributed by atoms with Crippen LogP contribution in [0.1, 0.15) is 290 Å². The van der Waals surface area contributed by atoms with Crippen molar-refractivity contribution >= 4 is 17.9 Å². The Hall–Kier alpha value is -3.67. The maximum atomic E-state index is 12.9. The maximum absolute atomic E-state index is 12.9. The third kappa shape index (κ3) is 59.1. The predicted molar refractivity (Wildman–Crippen MR) is 316 cm³/mol. The topological polar surface area (TPSA) is 78.9 Å². The summed E-state index contributed by atoms with van der Waals surface area (Å²) in [5.74, 6) is -0.889. The van der Waals surface area contributed by atoms with E-state index in [1.54, 1.807) is 0 Å². The molecule has 1 unspecified atom stereocenters. The van der Waals surface area contributed by atoms with Crippen LogP contribution in [0.4, 0.5) is 0 Å². The molecule has 0 saturated carbocycles. The normalized spacial score (nSPS) is 12.8. The minimum atomic E-state index is -0.786. The van der Waals surface area contributed by atoms with Crippen molar-refractivity contribution in [3.8, 4) is 0 Å². The van der Waals surface area contributed by atoms with Crippen molar-refractivity contribution in [2.24, 2.45) is 0 Å². The van der Waals surface area contributed by atoms with Crippen molar-refractivity contribution in [1.82, 2.24) is 0 Å². The number of carbonyl (C=O) groups excluding carboxylic acids is 3. The Kier molecular flexibility index (Phi) is 57.8. The van der Waals surface area contributed by atoms with Gasteiger partial charge in [-0.25, -0.2) is 0 Å². The van der Waals surface area contributed by atoms with E-state index in [9.17, 15) is 14.4 Å². The van der Waals surface area contributed by atoms with Crippen molar-refractivity contribution in [3.05, 3.63) is 97.2 Å². The molecule has 0 rings (SSSR count). The van der Waals surface area contributed by atoms with Crippen LogP contribution < -0.4 is 0 Å². The lowest BCUT2D eigenvalue weighted by Gasteiger charge is -2.18. The van der Waals surface area contributed by atoms with Gasteiger partial charge in [-0.15, -0.1) is 0 Å². The first kappa shape index (κ1) is 69.3. The lowest BCUT2D eigenvalue weighted by molar-refractivity contribution is -0.167. The number of rotatable bonds is 55. The molecule has 0 aliphatic rings. The Bertz CT molecular complexity index is 1440. The Morgan fingerprint density at radius 1 is 0.288 bits per heavy atom. The fourth-order valence-corrected chi connectivity index (χ4v) is 8.54. The molecule has 0 aliphatic heterocycles. The fraction of sp³-hybridized carbons (Fsp3) is 0.716. The molecule has 0 N–H and O–H groups in total. The summed E-state index contributed by atoms with van der Waals surface area (Å²) in [6.45, 7) is 6.42. The molecule has 0 amide bonds. The van der Waals surface area contributed by atoms with E-state index in [1.165, 1.54) is 128 Å². The summed E-state index contributed by atoms with van der Waals surface area (Å²) in [4.78, 5) is 38.3. The van der Waals surface area contributed by atoms with E-state index >= 15 is 0 Å². The van der Waals surface area contributed by atoms with Crippen LogP contribution in [-0.2, 0) is 28.6 Å². The van der Waals surface area contributed by atoms with E-state index in [0.717, 1.165) is 122 Å². The molecule has 0 radical (unpaired) electrons. The molecule has 0 saturated heterocycles. The third-order valence-corrected chi connectivity index (χ3v) is 13.1. The molecule has 0 aromatic rings. The van der Waals surface area contributed by atoms with Gasteiger partial charge in [-0.05, 0) is 96.3 Å². The molecule has 1 atom stereocenters. The van der Waals surface area contributed by atoms with Gasteiger partial charge in [0.15, 0.2) is 6.10 Å². The second kappa shape index (κ2) is 60.9. The standard InChI is InChI=1S/C67H114O6/c1-4-7-10-13-16-19-22-25-27-29-31-33-35-37-39-42-45-48-51-54-57-60-66(69)72-63-64(62-71-65(68)59-56-53-50-47-44-41-24-21-18-15-12-9-6-3)73-67(70)61-58-55-52-49-46-43-40-38-36-34-32-30-28-26-23-20-17-14-11-8-5-2/h7-8,10-11,16-17,19-20,25-28,31-34,64H,4-6,9,12-15,18,21-24,29-30,35-63H2,1-3H3/b10-7-,11-8-,19-16-,20-17-,27-25-,28-26-,33-31-,34-32-. The molecular weight excluding hydrogens is 901 g/mol. The molecule has 0 fully saturated rings. The zero-order valence-corrected chi connectivity index (χ0v) is 47.9. The van der Waals surface area contributed by atoms with Gasteiger partial charge in [-0.3, -0.25) is 14.4 Å². The van der Waals surface area contributed by atoms with Gasteiger partial charge in [0.05, 0.1) is 0 Å². The van der Waals surface area contributed by atoms with Crippen LogP contribution in [0.25, 0.3) is 0 Å². The molecule has 0 aliphatic carbocycles. The number of allylic oxidation sites excluding steroid dienone is 16. The fourth-order valence-electron chi connectivity index (χ4n) is 8.54. The number of hydrogen-bond donors (Lipinski definition) is 0. The predicted octanol–water partition coefficient (Wildman–Crippen LogP) is 20.9. The van der Waals surface area contributed by atoms with E-state index in [1.807, 2.05) is 0 Å². The van der Waals surface area contributed by atoms with Crippen molar-refractivity contribution in [1.29, 1.82) is 0 Å². The summed E-state index contributed by atoms with van der Waals surface area (Å²) in [7, 11) is 0. The summed E-state index contributed by atoms with van der Waals surface area (Å²) in [6, 6.07) is 0. The highest BCUT2D eigenvalue weighted by molar-refractivity contribution is 5.71. The van der Waals surface area contributed by atoms with Crippen LogP contribution in [0, 0.1) is 0 Å². The summed E-state index contributed by atoms with van der Waals surface area (Å²) < 4.78 is 16.9. The second-order valence-corrected chi connectivity index (χ2v) is 20.2.